The summed E-state index contributed by atoms with van der Waals surface area (Å²) in [5.41, 5.74) is 1.87. The number of piperidine rings is 1. The lowest BCUT2D eigenvalue weighted by Crippen LogP contribution is -2.55. The Balaban J connectivity index is 1.38. The molecule has 2 aromatic rings. The average Bonchev–Trinajstić information content (AvgIpc) is 3.29. The molecule has 0 N–H and O–H groups in total. The number of aromatic nitrogens is 2. The molecule has 0 aliphatic carbocycles. The van der Waals surface area contributed by atoms with Crippen LogP contribution in [0.3, 0.4) is 0 Å². The van der Waals surface area contributed by atoms with Crippen LogP contribution in [0.5, 0.6) is 0 Å². The zero-order valence-electron chi connectivity index (χ0n) is 17.5. The van der Waals surface area contributed by atoms with Crippen LogP contribution in [0.25, 0.3) is 5.69 Å². The number of hydrogen-bond acceptors (Lipinski definition) is 5. The number of piperazine rings is 1. The Kier molecular flexibility index (Phi) is 6.64. The third kappa shape index (κ3) is 4.82. The Labute approximate surface area is 177 Å². The summed E-state index contributed by atoms with van der Waals surface area (Å²) >= 11 is 0. The molecule has 0 unspecified atom stereocenters. The second kappa shape index (κ2) is 9.57. The summed E-state index contributed by atoms with van der Waals surface area (Å²) in [4.78, 5) is 18.6. The molecule has 0 bridgehead atoms. The first-order chi connectivity index (χ1) is 14.6. The number of likely N-dealkylation sites (tertiary alicyclic amines) is 1. The van der Waals surface area contributed by atoms with E-state index in [1.807, 2.05) is 19.2 Å². The van der Waals surface area contributed by atoms with Crippen molar-refractivity contribution in [2.75, 3.05) is 45.9 Å². The van der Waals surface area contributed by atoms with Crippen LogP contribution in [0, 0.1) is 5.82 Å². The molecule has 1 aromatic heterocycles. The highest BCUT2D eigenvalue weighted by atomic mass is 19.1. The van der Waals surface area contributed by atoms with Crippen molar-refractivity contribution in [2.24, 2.45) is 0 Å². The van der Waals surface area contributed by atoms with Crippen molar-refractivity contribution < 1.29 is 13.9 Å². The van der Waals surface area contributed by atoms with E-state index < -0.39 is 0 Å². The maximum atomic E-state index is 14.0. The number of nitrogens with zero attached hydrogens (tertiary/aromatic N) is 5. The van der Waals surface area contributed by atoms with Gasteiger partial charge in [0.05, 0.1) is 12.3 Å². The number of hydrogen-bond donors (Lipinski definition) is 0. The molecular weight excluding hydrogens is 385 g/mol. The second-order valence-corrected chi connectivity index (χ2v) is 7.98. The van der Waals surface area contributed by atoms with E-state index in [0.717, 1.165) is 50.3 Å². The molecular formula is C22H30FN5O2. The Morgan fingerprint density at radius 2 is 2.07 bits per heavy atom. The zero-order chi connectivity index (χ0) is 20.9. The van der Waals surface area contributed by atoms with E-state index in [2.05, 4.69) is 14.9 Å². The topological polar surface area (TPSA) is 53.8 Å². The van der Waals surface area contributed by atoms with Crippen molar-refractivity contribution in [1.82, 2.24) is 24.5 Å². The van der Waals surface area contributed by atoms with E-state index in [9.17, 15) is 9.18 Å². The van der Waals surface area contributed by atoms with Gasteiger partial charge in [-0.3, -0.25) is 9.80 Å². The summed E-state index contributed by atoms with van der Waals surface area (Å²) in [6.45, 7) is 8.07. The maximum absolute atomic E-state index is 14.0. The first kappa shape index (κ1) is 20.8. The van der Waals surface area contributed by atoms with E-state index in [0.29, 0.717) is 32.3 Å². The smallest absolute Gasteiger partial charge is 0.409 e. The summed E-state index contributed by atoms with van der Waals surface area (Å²) in [6.07, 6.45) is 5.69. The molecule has 1 amide bonds. The van der Waals surface area contributed by atoms with Gasteiger partial charge in [-0.05, 0) is 56.1 Å². The summed E-state index contributed by atoms with van der Waals surface area (Å²) in [5.74, 6) is -0.218. The van der Waals surface area contributed by atoms with Crippen LogP contribution < -0.4 is 0 Å². The summed E-state index contributed by atoms with van der Waals surface area (Å²) in [7, 11) is 0. The van der Waals surface area contributed by atoms with Crippen LogP contribution >= 0.6 is 0 Å². The fourth-order valence-corrected chi connectivity index (χ4v) is 4.51. The number of amides is 1. The molecule has 2 fully saturated rings. The van der Waals surface area contributed by atoms with Gasteiger partial charge in [0.25, 0.3) is 0 Å². The van der Waals surface area contributed by atoms with Crippen LogP contribution in [-0.4, -0.2) is 82.5 Å². The zero-order valence-corrected chi connectivity index (χ0v) is 17.5. The highest BCUT2D eigenvalue weighted by Crippen LogP contribution is 2.23. The molecule has 0 saturated carbocycles. The fraction of sp³-hybridized carbons (Fsp3) is 0.545. The van der Waals surface area contributed by atoms with Gasteiger partial charge in [0.15, 0.2) is 0 Å². The molecule has 0 spiro atoms. The number of carbonyl (C=O) groups is 1. The normalized spacial score (nSPS) is 21.0. The minimum absolute atomic E-state index is 0.209. The van der Waals surface area contributed by atoms with Gasteiger partial charge < -0.3 is 9.64 Å². The Morgan fingerprint density at radius 3 is 2.80 bits per heavy atom. The van der Waals surface area contributed by atoms with Crippen molar-refractivity contribution in [3.63, 3.8) is 0 Å². The van der Waals surface area contributed by atoms with Gasteiger partial charge in [-0.1, -0.05) is 0 Å². The molecule has 30 heavy (non-hydrogen) atoms. The standard InChI is InChI=1S/C22H30FN5O2/c1-2-30-22(29)27-13-11-26(12-14-27)20-5-3-9-25(17-20)16-18-15-19(23)6-7-21(18)28-10-4-8-24-28/h4,6-8,10,15,20H,2-3,5,9,11-14,16-17H2,1H3/t20-/m0/s1. The van der Waals surface area contributed by atoms with Gasteiger partial charge >= 0.3 is 6.09 Å². The second-order valence-electron chi connectivity index (χ2n) is 7.98. The number of ether oxygens (including phenoxy) is 1. The quantitative estimate of drug-likeness (QED) is 0.752. The van der Waals surface area contributed by atoms with Crippen molar-refractivity contribution >= 4 is 6.09 Å². The highest BCUT2D eigenvalue weighted by molar-refractivity contribution is 5.67. The van der Waals surface area contributed by atoms with Crippen LogP contribution in [0.15, 0.2) is 36.7 Å². The van der Waals surface area contributed by atoms with Gasteiger partial charge in [0.1, 0.15) is 5.82 Å². The van der Waals surface area contributed by atoms with E-state index in [4.69, 9.17) is 4.74 Å². The van der Waals surface area contributed by atoms with E-state index >= 15 is 0 Å². The van der Waals surface area contributed by atoms with E-state index in [1.165, 1.54) is 6.07 Å². The number of carbonyl (C=O) groups excluding carboxylic acids is 1. The molecule has 2 saturated heterocycles. The number of rotatable bonds is 5. The molecule has 4 rings (SSSR count). The molecule has 3 heterocycles. The molecule has 8 heteroatoms. The minimum Gasteiger partial charge on any atom is -0.450 e. The van der Waals surface area contributed by atoms with Gasteiger partial charge in [-0.2, -0.15) is 5.10 Å². The largest absolute Gasteiger partial charge is 0.450 e. The fourth-order valence-electron chi connectivity index (χ4n) is 4.51. The monoisotopic (exact) mass is 415 g/mol. The van der Waals surface area contributed by atoms with Crippen LogP contribution in [0.1, 0.15) is 25.3 Å². The highest BCUT2D eigenvalue weighted by Gasteiger charge is 2.30. The molecule has 1 aromatic carbocycles. The molecule has 0 radical (unpaired) electrons. The van der Waals surface area contributed by atoms with Crippen LogP contribution in [0.4, 0.5) is 9.18 Å². The lowest BCUT2D eigenvalue weighted by molar-refractivity contribution is 0.0412. The predicted octanol–water partition coefficient (Wildman–Crippen LogP) is 2.75. The SMILES string of the molecule is CCOC(=O)N1CCN([C@H]2CCCN(Cc3cc(F)ccc3-n3cccn3)C2)CC1. The third-order valence-electron chi connectivity index (χ3n) is 6.02. The lowest BCUT2D eigenvalue weighted by Gasteiger charge is -2.43. The van der Waals surface area contributed by atoms with E-state index in [1.54, 1.807) is 27.9 Å². The van der Waals surface area contributed by atoms with Crippen LogP contribution in [-0.2, 0) is 11.3 Å². The van der Waals surface area contributed by atoms with Crippen molar-refractivity contribution in [2.45, 2.75) is 32.4 Å². The number of halogens is 1. The lowest BCUT2D eigenvalue weighted by atomic mass is 10.0. The molecule has 2 aliphatic heterocycles. The molecule has 2 aliphatic rings. The van der Waals surface area contributed by atoms with E-state index in [-0.39, 0.29) is 11.9 Å². The molecule has 162 valence electrons. The van der Waals surface area contributed by atoms with Gasteiger partial charge in [0.2, 0.25) is 0 Å². The minimum atomic E-state index is -0.218. The maximum Gasteiger partial charge on any atom is 0.409 e. The third-order valence-corrected chi connectivity index (χ3v) is 6.02. The molecule has 1 atom stereocenters. The first-order valence-corrected chi connectivity index (χ1v) is 10.8. The van der Waals surface area contributed by atoms with Crippen molar-refractivity contribution in [1.29, 1.82) is 0 Å². The Bertz CT molecular complexity index is 836. The number of benzene rings is 1. The molecule has 7 nitrogen and oxygen atoms in total. The van der Waals surface area contributed by atoms with Crippen molar-refractivity contribution in [3.05, 3.63) is 48.0 Å². The summed E-state index contributed by atoms with van der Waals surface area (Å²) in [6, 6.07) is 7.25. The summed E-state index contributed by atoms with van der Waals surface area (Å²) < 4.78 is 20.9. The predicted molar refractivity (Wildman–Crippen MR) is 112 cm³/mol. The van der Waals surface area contributed by atoms with Gasteiger partial charge in [0, 0.05) is 57.7 Å². The Morgan fingerprint density at radius 1 is 1.23 bits per heavy atom. The first-order valence-electron chi connectivity index (χ1n) is 10.8. The summed E-state index contributed by atoms with van der Waals surface area (Å²) in [5, 5.41) is 4.32. The van der Waals surface area contributed by atoms with Gasteiger partial charge in [-0.25, -0.2) is 13.9 Å². The Hall–Kier alpha value is -2.45. The average molecular weight is 416 g/mol. The van der Waals surface area contributed by atoms with Crippen LogP contribution in [0.2, 0.25) is 0 Å². The van der Waals surface area contributed by atoms with Crippen molar-refractivity contribution in [3.8, 4) is 5.69 Å². The van der Waals surface area contributed by atoms with Gasteiger partial charge in [-0.15, -0.1) is 0 Å².